The van der Waals surface area contributed by atoms with Crippen molar-refractivity contribution in [3.63, 3.8) is 0 Å². The number of piperidine rings is 1. The number of alkyl halides is 2. The van der Waals surface area contributed by atoms with Gasteiger partial charge in [-0.25, -0.2) is 13.6 Å². The van der Waals surface area contributed by atoms with Crippen LogP contribution in [-0.4, -0.2) is 85.4 Å². The van der Waals surface area contributed by atoms with E-state index in [4.69, 9.17) is 11.6 Å². The average molecular weight is 456 g/mol. The Hall–Kier alpha value is -2.30. The fourth-order valence-corrected chi connectivity index (χ4v) is 4.56. The maximum absolute atomic E-state index is 14.2. The molecule has 1 aromatic carbocycles. The van der Waals surface area contributed by atoms with Crippen LogP contribution in [0, 0.1) is 0 Å². The number of carbonyl (C=O) groups excluding carboxylic acids is 3. The van der Waals surface area contributed by atoms with Gasteiger partial charge >= 0.3 is 6.03 Å². The lowest BCUT2D eigenvalue weighted by Gasteiger charge is -2.44. The first-order valence-electron chi connectivity index (χ1n) is 10.3. The van der Waals surface area contributed by atoms with E-state index in [0.717, 1.165) is 0 Å². The summed E-state index contributed by atoms with van der Waals surface area (Å²) in [5.41, 5.74) is 0.704. The minimum Gasteiger partial charge on any atom is -0.336 e. The number of halogens is 3. The fourth-order valence-electron chi connectivity index (χ4n) is 4.34. The molecule has 3 aliphatic heterocycles. The van der Waals surface area contributed by atoms with Crippen molar-refractivity contribution in [2.24, 2.45) is 0 Å². The Morgan fingerprint density at radius 2 is 1.87 bits per heavy atom. The normalized spacial score (nSPS) is 24.8. The Labute approximate surface area is 183 Å². The minimum atomic E-state index is -2.79. The van der Waals surface area contributed by atoms with E-state index in [9.17, 15) is 23.2 Å². The Kier molecular flexibility index (Phi) is 6.14. The van der Waals surface area contributed by atoms with Crippen LogP contribution in [0.15, 0.2) is 18.2 Å². The van der Waals surface area contributed by atoms with E-state index >= 15 is 0 Å². The summed E-state index contributed by atoms with van der Waals surface area (Å²) in [5, 5.41) is 5.26. The van der Waals surface area contributed by atoms with Gasteiger partial charge in [-0.15, -0.1) is 0 Å². The van der Waals surface area contributed by atoms with Gasteiger partial charge in [-0.1, -0.05) is 11.6 Å². The van der Waals surface area contributed by atoms with Crippen molar-refractivity contribution in [2.75, 3.05) is 50.7 Å². The van der Waals surface area contributed by atoms with Gasteiger partial charge in [-0.2, -0.15) is 0 Å². The molecule has 8 nitrogen and oxygen atoms in total. The summed E-state index contributed by atoms with van der Waals surface area (Å²) in [6.07, 6.45) is 0.519. The highest BCUT2D eigenvalue weighted by molar-refractivity contribution is 6.34. The van der Waals surface area contributed by atoms with Crippen LogP contribution in [0.3, 0.4) is 0 Å². The van der Waals surface area contributed by atoms with Crippen molar-refractivity contribution in [1.82, 2.24) is 20.4 Å². The molecule has 1 unspecified atom stereocenters. The number of hydrogen-bond acceptors (Lipinski definition) is 5. The molecule has 3 heterocycles. The van der Waals surface area contributed by atoms with Crippen molar-refractivity contribution < 1.29 is 23.2 Å². The molecule has 4 rings (SSSR count). The van der Waals surface area contributed by atoms with Gasteiger partial charge in [0, 0.05) is 44.7 Å². The highest BCUT2D eigenvalue weighted by atomic mass is 35.5. The molecule has 3 saturated heterocycles. The van der Waals surface area contributed by atoms with E-state index in [1.807, 2.05) is 0 Å². The zero-order chi connectivity index (χ0) is 22.2. The van der Waals surface area contributed by atoms with Gasteiger partial charge in [0.25, 0.3) is 11.8 Å². The van der Waals surface area contributed by atoms with Gasteiger partial charge in [0.2, 0.25) is 5.91 Å². The summed E-state index contributed by atoms with van der Waals surface area (Å²) in [7, 11) is 0. The number of nitrogens with one attached hydrogen (secondary N) is 2. The van der Waals surface area contributed by atoms with Gasteiger partial charge in [-0.3, -0.25) is 24.7 Å². The molecular weight excluding hydrogens is 432 g/mol. The van der Waals surface area contributed by atoms with Crippen molar-refractivity contribution in [3.05, 3.63) is 28.8 Å². The Balaban J connectivity index is 1.43. The summed E-state index contributed by atoms with van der Waals surface area (Å²) in [6.45, 7) is 1.85. The molecular formula is C20H24ClF2N5O3. The number of carbonyl (C=O) groups is 3. The maximum atomic E-state index is 14.2. The SMILES string of the molecule is O=C1CCN(c2cc(C(=O)N3CCN(C4CCNCC4(F)F)CC3)ccc2Cl)C(=O)N1. The summed E-state index contributed by atoms with van der Waals surface area (Å²) in [6, 6.07) is 3.26. The predicted octanol–water partition coefficient (Wildman–Crippen LogP) is 1.54. The lowest BCUT2D eigenvalue weighted by molar-refractivity contribution is -0.120. The standard InChI is InChI=1S/C20H24ClF2N5O3/c21-14-2-1-13(11-15(14)28-6-4-17(29)25-19(28)31)18(30)27-9-7-26(8-10-27)16-3-5-24-12-20(16,22)23/h1-2,11,16,24H,3-10,12H2,(H,25,29,31). The number of urea groups is 1. The van der Waals surface area contributed by atoms with E-state index in [0.29, 0.717) is 55.4 Å². The molecule has 31 heavy (non-hydrogen) atoms. The number of benzene rings is 1. The largest absolute Gasteiger partial charge is 0.336 e. The number of nitrogens with zero attached hydrogens (tertiary/aromatic N) is 3. The van der Waals surface area contributed by atoms with Crippen molar-refractivity contribution in [2.45, 2.75) is 24.8 Å². The Bertz CT molecular complexity index is 892. The highest BCUT2D eigenvalue weighted by Gasteiger charge is 2.45. The van der Waals surface area contributed by atoms with Crippen LogP contribution in [0.25, 0.3) is 0 Å². The first-order chi connectivity index (χ1) is 14.8. The minimum absolute atomic E-state index is 0.142. The van der Waals surface area contributed by atoms with E-state index in [1.54, 1.807) is 21.9 Å². The first-order valence-corrected chi connectivity index (χ1v) is 10.7. The molecule has 11 heteroatoms. The topological polar surface area (TPSA) is 85.0 Å². The molecule has 3 aliphatic rings. The zero-order valence-electron chi connectivity index (χ0n) is 16.9. The molecule has 3 fully saturated rings. The molecule has 168 valence electrons. The average Bonchev–Trinajstić information content (AvgIpc) is 2.74. The quantitative estimate of drug-likeness (QED) is 0.722. The van der Waals surface area contributed by atoms with E-state index < -0.39 is 18.0 Å². The molecule has 0 radical (unpaired) electrons. The summed E-state index contributed by atoms with van der Waals surface area (Å²) >= 11 is 6.24. The van der Waals surface area contributed by atoms with Crippen molar-refractivity contribution >= 4 is 35.1 Å². The molecule has 0 saturated carbocycles. The molecule has 0 aliphatic carbocycles. The van der Waals surface area contributed by atoms with Gasteiger partial charge in [-0.05, 0) is 31.2 Å². The van der Waals surface area contributed by atoms with Crippen LogP contribution in [0.5, 0.6) is 0 Å². The molecule has 1 atom stereocenters. The van der Waals surface area contributed by atoms with Crippen molar-refractivity contribution in [1.29, 1.82) is 0 Å². The third kappa shape index (κ3) is 4.51. The number of imide groups is 1. The maximum Gasteiger partial charge on any atom is 0.328 e. The summed E-state index contributed by atoms with van der Waals surface area (Å²) in [4.78, 5) is 41.3. The van der Waals surface area contributed by atoms with Crippen LogP contribution in [0.4, 0.5) is 19.3 Å². The molecule has 0 spiro atoms. The highest BCUT2D eigenvalue weighted by Crippen LogP contribution is 2.31. The number of rotatable bonds is 3. The van der Waals surface area contributed by atoms with Crippen molar-refractivity contribution in [3.8, 4) is 0 Å². The lowest BCUT2D eigenvalue weighted by atomic mass is 9.99. The Morgan fingerprint density at radius 1 is 1.13 bits per heavy atom. The second-order valence-corrected chi connectivity index (χ2v) is 8.40. The molecule has 0 bridgehead atoms. The monoisotopic (exact) mass is 455 g/mol. The first kappa shape index (κ1) is 21.9. The van der Waals surface area contributed by atoms with E-state index in [-0.39, 0.29) is 31.3 Å². The summed E-state index contributed by atoms with van der Waals surface area (Å²) < 4.78 is 28.5. The van der Waals surface area contributed by atoms with E-state index in [1.165, 1.54) is 11.0 Å². The Morgan fingerprint density at radius 3 is 2.55 bits per heavy atom. The zero-order valence-corrected chi connectivity index (χ0v) is 17.6. The number of hydrogen-bond donors (Lipinski definition) is 2. The van der Waals surface area contributed by atoms with Crippen LogP contribution in [0.2, 0.25) is 5.02 Å². The van der Waals surface area contributed by atoms with E-state index in [2.05, 4.69) is 10.6 Å². The second kappa shape index (κ2) is 8.68. The third-order valence-electron chi connectivity index (χ3n) is 6.02. The number of amides is 4. The molecule has 1 aromatic rings. The number of piperazine rings is 1. The van der Waals surface area contributed by atoms with Gasteiger partial charge in [0.05, 0.1) is 23.3 Å². The molecule has 0 aromatic heterocycles. The second-order valence-electron chi connectivity index (χ2n) is 7.99. The van der Waals surface area contributed by atoms with Gasteiger partial charge < -0.3 is 10.2 Å². The smallest absolute Gasteiger partial charge is 0.328 e. The predicted molar refractivity (Wildman–Crippen MR) is 111 cm³/mol. The molecule has 2 N–H and O–H groups in total. The lowest BCUT2D eigenvalue weighted by Crippen LogP contribution is -2.61. The van der Waals surface area contributed by atoms with Crippen LogP contribution >= 0.6 is 11.6 Å². The van der Waals surface area contributed by atoms with Crippen LogP contribution in [-0.2, 0) is 4.79 Å². The molecule has 4 amide bonds. The number of anilines is 1. The fraction of sp³-hybridized carbons (Fsp3) is 0.550. The summed E-state index contributed by atoms with van der Waals surface area (Å²) in [5.74, 6) is -3.39. The van der Waals surface area contributed by atoms with Crippen LogP contribution in [0.1, 0.15) is 23.2 Å². The van der Waals surface area contributed by atoms with Crippen LogP contribution < -0.4 is 15.5 Å². The van der Waals surface area contributed by atoms with Gasteiger partial charge in [0.15, 0.2) is 0 Å². The third-order valence-corrected chi connectivity index (χ3v) is 6.34. The van der Waals surface area contributed by atoms with Gasteiger partial charge in [0.1, 0.15) is 0 Å².